The Balaban J connectivity index is 2.87. The van der Waals surface area contributed by atoms with E-state index >= 15 is 0 Å². The Bertz CT molecular complexity index is 322. The molecular formula is C14H23NO2. The lowest BCUT2D eigenvalue weighted by Crippen LogP contribution is -2.29. The normalized spacial score (nSPS) is 14.4. The number of benzene rings is 1. The highest BCUT2D eigenvalue weighted by molar-refractivity contribution is 5.36. The fourth-order valence-corrected chi connectivity index (χ4v) is 2.01. The Hall–Kier alpha value is -1.06. The van der Waals surface area contributed by atoms with E-state index in [9.17, 15) is 0 Å². The summed E-state index contributed by atoms with van der Waals surface area (Å²) in [5.74, 6) is 0.834. The molecule has 3 nitrogen and oxygen atoms in total. The van der Waals surface area contributed by atoms with Crippen LogP contribution < -0.4 is 10.5 Å². The number of rotatable bonds is 7. The van der Waals surface area contributed by atoms with Gasteiger partial charge in [0.1, 0.15) is 5.75 Å². The van der Waals surface area contributed by atoms with E-state index in [1.54, 1.807) is 7.11 Å². The van der Waals surface area contributed by atoms with Gasteiger partial charge in [-0.15, -0.1) is 0 Å². The maximum absolute atomic E-state index is 6.28. The molecule has 2 unspecified atom stereocenters. The highest BCUT2D eigenvalue weighted by Gasteiger charge is 2.21. The highest BCUT2D eigenvalue weighted by Crippen LogP contribution is 2.28. The number of nitrogens with two attached hydrogens (primary N) is 1. The van der Waals surface area contributed by atoms with Crippen LogP contribution in [0.1, 0.15) is 38.3 Å². The van der Waals surface area contributed by atoms with Crippen LogP contribution in [0.2, 0.25) is 0 Å². The summed E-state index contributed by atoms with van der Waals surface area (Å²) >= 11 is 0. The first-order chi connectivity index (χ1) is 8.24. The molecule has 0 saturated carbocycles. The van der Waals surface area contributed by atoms with Crippen molar-refractivity contribution in [2.75, 3.05) is 13.7 Å². The van der Waals surface area contributed by atoms with Crippen molar-refractivity contribution in [2.24, 2.45) is 5.73 Å². The molecule has 0 saturated heterocycles. The van der Waals surface area contributed by atoms with Crippen molar-refractivity contribution in [3.8, 4) is 5.75 Å². The molecule has 1 rings (SSSR count). The Morgan fingerprint density at radius 3 is 2.53 bits per heavy atom. The fraction of sp³-hybridized carbons (Fsp3) is 0.571. The average Bonchev–Trinajstić information content (AvgIpc) is 2.37. The number of hydrogen-bond acceptors (Lipinski definition) is 3. The van der Waals surface area contributed by atoms with Gasteiger partial charge in [-0.25, -0.2) is 0 Å². The van der Waals surface area contributed by atoms with Crippen molar-refractivity contribution in [3.05, 3.63) is 29.8 Å². The summed E-state index contributed by atoms with van der Waals surface area (Å²) in [7, 11) is 1.67. The molecule has 2 N–H and O–H groups in total. The van der Waals surface area contributed by atoms with E-state index in [-0.39, 0.29) is 12.1 Å². The number of ether oxygens (including phenoxy) is 2. The molecule has 0 bridgehead atoms. The summed E-state index contributed by atoms with van der Waals surface area (Å²) < 4.78 is 11.1. The lowest BCUT2D eigenvalue weighted by molar-refractivity contribution is 0.0369. The first kappa shape index (κ1) is 14.0. The molecule has 17 heavy (non-hydrogen) atoms. The lowest BCUT2D eigenvalue weighted by atomic mass is 9.98. The van der Waals surface area contributed by atoms with Crippen molar-refractivity contribution in [3.63, 3.8) is 0 Å². The van der Waals surface area contributed by atoms with Crippen LogP contribution in [0.15, 0.2) is 24.3 Å². The van der Waals surface area contributed by atoms with Gasteiger partial charge < -0.3 is 15.2 Å². The van der Waals surface area contributed by atoms with Crippen LogP contribution in [0.4, 0.5) is 0 Å². The van der Waals surface area contributed by atoms with E-state index in [4.69, 9.17) is 15.2 Å². The average molecular weight is 237 g/mol. The summed E-state index contributed by atoms with van der Waals surface area (Å²) in [6, 6.07) is 7.73. The second kappa shape index (κ2) is 7.30. The van der Waals surface area contributed by atoms with Crippen molar-refractivity contribution in [1.29, 1.82) is 0 Å². The van der Waals surface area contributed by atoms with E-state index in [2.05, 4.69) is 6.92 Å². The maximum Gasteiger partial charge on any atom is 0.123 e. The van der Waals surface area contributed by atoms with Crippen molar-refractivity contribution < 1.29 is 9.47 Å². The second-order valence-corrected chi connectivity index (χ2v) is 4.05. The molecule has 0 fully saturated rings. The van der Waals surface area contributed by atoms with Gasteiger partial charge in [0.05, 0.1) is 19.3 Å². The molecule has 3 heteroatoms. The van der Waals surface area contributed by atoms with Gasteiger partial charge in [-0.3, -0.25) is 0 Å². The van der Waals surface area contributed by atoms with Crippen molar-refractivity contribution >= 4 is 0 Å². The Morgan fingerprint density at radius 2 is 1.94 bits per heavy atom. The van der Waals surface area contributed by atoms with Crippen molar-refractivity contribution in [1.82, 2.24) is 0 Å². The third-order valence-electron chi connectivity index (χ3n) is 2.85. The summed E-state index contributed by atoms with van der Waals surface area (Å²) in [5.41, 5.74) is 7.30. The molecule has 0 amide bonds. The largest absolute Gasteiger partial charge is 0.496 e. The Kier molecular flexibility index (Phi) is 6.01. The lowest BCUT2D eigenvalue weighted by Gasteiger charge is -2.25. The topological polar surface area (TPSA) is 44.5 Å². The van der Waals surface area contributed by atoms with E-state index in [1.165, 1.54) is 0 Å². The zero-order valence-corrected chi connectivity index (χ0v) is 11.0. The van der Waals surface area contributed by atoms with Crippen LogP contribution in [-0.4, -0.2) is 19.8 Å². The molecule has 2 atom stereocenters. The first-order valence-electron chi connectivity index (χ1n) is 6.24. The van der Waals surface area contributed by atoms with Crippen LogP contribution in [0.5, 0.6) is 5.75 Å². The molecule has 1 aromatic rings. The second-order valence-electron chi connectivity index (χ2n) is 4.05. The van der Waals surface area contributed by atoms with E-state index in [1.807, 2.05) is 31.2 Å². The number of para-hydroxylation sites is 1. The highest BCUT2D eigenvalue weighted by atomic mass is 16.5. The predicted molar refractivity (Wildman–Crippen MR) is 70.2 cm³/mol. The molecule has 0 heterocycles. The van der Waals surface area contributed by atoms with E-state index in [0.717, 1.165) is 24.2 Å². The summed E-state index contributed by atoms with van der Waals surface area (Å²) in [5, 5.41) is 0. The molecule has 0 aliphatic heterocycles. The van der Waals surface area contributed by atoms with Gasteiger partial charge in [0.15, 0.2) is 0 Å². The quantitative estimate of drug-likeness (QED) is 0.793. The third-order valence-corrected chi connectivity index (χ3v) is 2.85. The minimum atomic E-state index is -0.133. The number of hydrogen-bond donors (Lipinski definition) is 1. The van der Waals surface area contributed by atoms with Crippen LogP contribution in [0, 0.1) is 0 Å². The zero-order valence-electron chi connectivity index (χ0n) is 11.0. The van der Waals surface area contributed by atoms with Gasteiger partial charge in [-0.05, 0) is 19.4 Å². The minimum absolute atomic E-state index is 0.0568. The predicted octanol–water partition coefficient (Wildman–Crippen LogP) is 2.90. The summed E-state index contributed by atoms with van der Waals surface area (Å²) in [6.07, 6.45) is 2.09. The van der Waals surface area contributed by atoms with Crippen LogP contribution in [0.25, 0.3) is 0 Å². The molecule has 0 radical (unpaired) electrons. The van der Waals surface area contributed by atoms with Crippen LogP contribution >= 0.6 is 0 Å². The minimum Gasteiger partial charge on any atom is -0.496 e. The molecule has 96 valence electrons. The van der Waals surface area contributed by atoms with Gasteiger partial charge in [0.25, 0.3) is 0 Å². The molecule has 1 aromatic carbocycles. The smallest absolute Gasteiger partial charge is 0.123 e. The number of methoxy groups -OCH3 is 1. The summed E-state index contributed by atoms with van der Waals surface area (Å²) in [6.45, 7) is 4.83. The standard InChI is InChI=1S/C14H23NO2/c1-4-8-13(17-5-2)14(15)11-9-6-7-10-12(11)16-3/h6-7,9-10,13-14H,4-5,8,15H2,1-3H3. The Labute approximate surface area is 104 Å². The SMILES string of the molecule is CCCC(OCC)C(N)c1ccccc1OC. The van der Waals surface area contributed by atoms with Crippen LogP contribution in [-0.2, 0) is 4.74 Å². The van der Waals surface area contributed by atoms with Crippen LogP contribution in [0.3, 0.4) is 0 Å². The molecule has 0 spiro atoms. The third kappa shape index (κ3) is 3.72. The molecule has 0 aromatic heterocycles. The van der Waals surface area contributed by atoms with Crippen molar-refractivity contribution in [2.45, 2.75) is 38.8 Å². The zero-order chi connectivity index (χ0) is 12.7. The van der Waals surface area contributed by atoms with E-state index in [0.29, 0.717) is 6.61 Å². The maximum atomic E-state index is 6.28. The van der Waals surface area contributed by atoms with Gasteiger partial charge in [0.2, 0.25) is 0 Å². The van der Waals surface area contributed by atoms with E-state index < -0.39 is 0 Å². The van der Waals surface area contributed by atoms with Gasteiger partial charge in [-0.1, -0.05) is 31.5 Å². The molecular weight excluding hydrogens is 214 g/mol. The van der Waals surface area contributed by atoms with Gasteiger partial charge >= 0.3 is 0 Å². The van der Waals surface area contributed by atoms with Gasteiger partial charge in [-0.2, -0.15) is 0 Å². The molecule has 0 aliphatic rings. The Morgan fingerprint density at radius 1 is 1.24 bits per heavy atom. The first-order valence-corrected chi connectivity index (χ1v) is 6.24. The molecule has 0 aliphatic carbocycles. The fourth-order valence-electron chi connectivity index (χ4n) is 2.01. The van der Waals surface area contributed by atoms with Gasteiger partial charge in [0, 0.05) is 12.2 Å². The summed E-state index contributed by atoms with van der Waals surface area (Å²) in [4.78, 5) is 0. The monoisotopic (exact) mass is 237 g/mol.